The summed E-state index contributed by atoms with van der Waals surface area (Å²) >= 11 is 0. The van der Waals surface area contributed by atoms with E-state index in [0.717, 1.165) is 17.0 Å². The number of para-hydroxylation sites is 1. The number of amides is 2. The summed E-state index contributed by atoms with van der Waals surface area (Å²) in [6.45, 7) is 0.553. The highest BCUT2D eigenvalue weighted by Crippen LogP contribution is 2.27. The van der Waals surface area contributed by atoms with Gasteiger partial charge < -0.3 is 16.0 Å². The Morgan fingerprint density at radius 2 is 2.00 bits per heavy atom. The summed E-state index contributed by atoms with van der Waals surface area (Å²) < 4.78 is 27.4. The van der Waals surface area contributed by atoms with Gasteiger partial charge in [-0.15, -0.1) is 12.4 Å². The van der Waals surface area contributed by atoms with E-state index in [-0.39, 0.29) is 37.0 Å². The molecule has 1 saturated heterocycles. The monoisotopic (exact) mass is 333 g/mol. The molecule has 1 aromatic rings. The Labute approximate surface area is 133 Å². The molecule has 1 unspecified atom stereocenters. The van der Waals surface area contributed by atoms with Gasteiger partial charge in [-0.2, -0.15) is 0 Å². The molecule has 0 aromatic heterocycles. The molecular formula is C14H18ClF2N3O2. The second-order valence-electron chi connectivity index (χ2n) is 4.86. The number of rotatable bonds is 5. The maximum absolute atomic E-state index is 13.7. The molecule has 1 atom stereocenters. The van der Waals surface area contributed by atoms with Crippen LogP contribution < -0.4 is 16.0 Å². The minimum atomic E-state index is -0.793. The van der Waals surface area contributed by atoms with Crippen molar-refractivity contribution in [3.8, 4) is 0 Å². The summed E-state index contributed by atoms with van der Waals surface area (Å²) in [5.41, 5.74) is 4.95. The van der Waals surface area contributed by atoms with E-state index < -0.39 is 23.6 Å². The maximum Gasteiger partial charge on any atom is 0.249 e. The average Bonchev–Trinajstić information content (AvgIpc) is 2.78. The molecule has 2 rings (SSSR count). The first-order chi connectivity index (χ1) is 10.0. The molecule has 0 spiro atoms. The highest BCUT2D eigenvalue weighted by molar-refractivity contribution is 6.01. The van der Waals surface area contributed by atoms with Crippen LogP contribution >= 0.6 is 12.4 Å². The number of carbonyl (C=O) groups is 2. The Hall–Kier alpha value is -1.73. The predicted octanol–water partition coefficient (Wildman–Crippen LogP) is 1.35. The molecule has 1 aromatic carbocycles. The summed E-state index contributed by atoms with van der Waals surface area (Å²) in [6, 6.07) is 2.69. The third-order valence-corrected chi connectivity index (χ3v) is 3.36. The predicted molar refractivity (Wildman–Crippen MR) is 80.8 cm³/mol. The van der Waals surface area contributed by atoms with E-state index in [1.165, 1.54) is 6.07 Å². The molecule has 0 aliphatic carbocycles. The molecule has 5 nitrogen and oxygen atoms in total. The van der Waals surface area contributed by atoms with E-state index in [2.05, 4.69) is 5.32 Å². The number of hydrogen-bond donors (Lipinski definition) is 2. The number of nitrogens with one attached hydrogen (secondary N) is 1. The molecule has 22 heavy (non-hydrogen) atoms. The van der Waals surface area contributed by atoms with E-state index in [4.69, 9.17) is 5.73 Å². The minimum Gasteiger partial charge on any atom is -0.344 e. The Morgan fingerprint density at radius 1 is 1.36 bits per heavy atom. The number of carbonyl (C=O) groups excluding carboxylic acids is 2. The Kier molecular flexibility index (Phi) is 6.70. The van der Waals surface area contributed by atoms with Crippen molar-refractivity contribution in [1.29, 1.82) is 0 Å². The van der Waals surface area contributed by atoms with Crippen molar-refractivity contribution in [1.82, 2.24) is 5.32 Å². The summed E-state index contributed by atoms with van der Waals surface area (Å²) in [6.07, 6.45) is 1.08. The Morgan fingerprint density at radius 3 is 2.59 bits per heavy atom. The second-order valence-corrected chi connectivity index (χ2v) is 4.86. The summed E-state index contributed by atoms with van der Waals surface area (Å²) in [4.78, 5) is 24.8. The van der Waals surface area contributed by atoms with Crippen LogP contribution in [0.4, 0.5) is 14.5 Å². The molecule has 3 N–H and O–H groups in total. The lowest BCUT2D eigenvalue weighted by Crippen LogP contribution is -2.42. The average molecular weight is 334 g/mol. The molecule has 1 heterocycles. The third kappa shape index (κ3) is 3.92. The lowest BCUT2D eigenvalue weighted by atomic mass is 10.2. The quantitative estimate of drug-likeness (QED) is 0.854. The molecular weight excluding hydrogens is 316 g/mol. The van der Waals surface area contributed by atoms with Gasteiger partial charge in [0.2, 0.25) is 11.8 Å². The fourth-order valence-electron chi connectivity index (χ4n) is 2.31. The zero-order chi connectivity index (χ0) is 15.4. The Bertz CT molecular complexity index is 537. The van der Waals surface area contributed by atoms with E-state index >= 15 is 0 Å². The second kappa shape index (κ2) is 8.05. The van der Waals surface area contributed by atoms with E-state index in [0.29, 0.717) is 19.4 Å². The van der Waals surface area contributed by atoms with Crippen LogP contribution in [0.15, 0.2) is 18.2 Å². The van der Waals surface area contributed by atoms with Gasteiger partial charge in [0.25, 0.3) is 0 Å². The minimum absolute atomic E-state index is 0. The van der Waals surface area contributed by atoms with Crippen molar-refractivity contribution in [3.05, 3.63) is 29.8 Å². The fourth-order valence-corrected chi connectivity index (χ4v) is 2.31. The maximum atomic E-state index is 13.7. The molecule has 2 amide bonds. The van der Waals surface area contributed by atoms with Gasteiger partial charge in [0, 0.05) is 13.0 Å². The number of hydrogen-bond acceptors (Lipinski definition) is 3. The molecule has 0 radical (unpaired) electrons. The highest BCUT2D eigenvalue weighted by Gasteiger charge is 2.35. The summed E-state index contributed by atoms with van der Waals surface area (Å²) in [7, 11) is 0. The van der Waals surface area contributed by atoms with E-state index in [9.17, 15) is 18.4 Å². The first kappa shape index (κ1) is 18.3. The van der Waals surface area contributed by atoms with Crippen LogP contribution in [-0.4, -0.2) is 30.9 Å². The van der Waals surface area contributed by atoms with Crippen molar-refractivity contribution in [2.24, 2.45) is 5.73 Å². The van der Waals surface area contributed by atoms with E-state index in [1.54, 1.807) is 0 Å². The lowest BCUT2D eigenvalue weighted by Gasteiger charge is -2.18. The fraction of sp³-hybridized carbons (Fsp3) is 0.429. The number of halogens is 3. The molecule has 1 fully saturated rings. The lowest BCUT2D eigenvalue weighted by molar-refractivity contribution is -0.126. The summed E-state index contributed by atoms with van der Waals surface area (Å²) in [5.74, 6) is -2.37. The normalized spacial score (nSPS) is 17.3. The first-order valence-electron chi connectivity index (χ1n) is 6.79. The van der Waals surface area contributed by atoms with E-state index in [1.807, 2.05) is 0 Å². The van der Waals surface area contributed by atoms with Crippen LogP contribution in [0.2, 0.25) is 0 Å². The number of anilines is 1. The molecule has 0 saturated carbocycles. The Balaban J connectivity index is 0.00000242. The SMILES string of the molecule is Cl.NCCCC(=O)NC1CCN(c2c(F)cccc2F)C1=O. The van der Waals surface area contributed by atoms with Gasteiger partial charge in [-0.3, -0.25) is 9.59 Å². The van der Waals surface area contributed by atoms with Gasteiger partial charge >= 0.3 is 0 Å². The molecule has 8 heteroatoms. The van der Waals surface area contributed by atoms with Gasteiger partial charge in [0.1, 0.15) is 23.4 Å². The molecule has 1 aliphatic rings. The van der Waals surface area contributed by atoms with Crippen molar-refractivity contribution in [2.75, 3.05) is 18.0 Å². The van der Waals surface area contributed by atoms with Crippen molar-refractivity contribution in [2.45, 2.75) is 25.3 Å². The van der Waals surface area contributed by atoms with Crippen LogP contribution in [0.1, 0.15) is 19.3 Å². The largest absolute Gasteiger partial charge is 0.344 e. The standard InChI is InChI=1S/C14H17F2N3O2.ClH/c15-9-3-1-4-10(16)13(9)19-8-6-11(14(19)21)18-12(20)5-2-7-17;/h1,3-4,11H,2,5-8,17H2,(H,18,20);1H. The van der Waals surface area contributed by atoms with Crippen LogP contribution in [0.25, 0.3) is 0 Å². The van der Waals surface area contributed by atoms with Crippen molar-refractivity contribution < 1.29 is 18.4 Å². The van der Waals surface area contributed by atoms with Gasteiger partial charge in [-0.05, 0) is 31.5 Å². The number of nitrogens with zero attached hydrogens (tertiary/aromatic N) is 1. The number of nitrogens with two attached hydrogens (primary N) is 1. The van der Waals surface area contributed by atoms with Gasteiger partial charge in [-0.1, -0.05) is 6.07 Å². The number of benzene rings is 1. The zero-order valence-corrected chi connectivity index (χ0v) is 12.7. The van der Waals surface area contributed by atoms with Crippen LogP contribution in [0.3, 0.4) is 0 Å². The van der Waals surface area contributed by atoms with Gasteiger partial charge in [-0.25, -0.2) is 8.78 Å². The van der Waals surface area contributed by atoms with Gasteiger partial charge in [0.05, 0.1) is 0 Å². The van der Waals surface area contributed by atoms with Crippen LogP contribution in [-0.2, 0) is 9.59 Å². The topological polar surface area (TPSA) is 75.4 Å². The van der Waals surface area contributed by atoms with Gasteiger partial charge in [0.15, 0.2) is 0 Å². The first-order valence-corrected chi connectivity index (χ1v) is 6.79. The van der Waals surface area contributed by atoms with Crippen LogP contribution in [0.5, 0.6) is 0 Å². The van der Waals surface area contributed by atoms with Crippen molar-refractivity contribution in [3.63, 3.8) is 0 Å². The summed E-state index contributed by atoms with van der Waals surface area (Å²) in [5, 5.41) is 2.57. The zero-order valence-electron chi connectivity index (χ0n) is 11.9. The molecule has 0 bridgehead atoms. The highest BCUT2D eigenvalue weighted by atomic mass is 35.5. The van der Waals surface area contributed by atoms with Crippen LogP contribution in [0, 0.1) is 11.6 Å². The third-order valence-electron chi connectivity index (χ3n) is 3.36. The molecule has 122 valence electrons. The van der Waals surface area contributed by atoms with Crippen molar-refractivity contribution >= 4 is 29.9 Å². The smallest absolute Gasteiger partial charge is 0.249 e. The molecule has 1 aliphatic heterocycles.